The molecular formula is C21H26N6O4S. The van der Waals surface area contributed by atoms with Crippen molar-refractivity contribution >= 4 is 35.6 Å². The predicted molar refractivity (Wildman–Crippen MR) is 121 cm³/mol. The monoisotopic (exact) mass is 458 g/mol. The molecular weight excluding hydrogens is 432 g/mol. The molecule has 0 spiro atoms. The summed E-state index contributed by atoms with van der Waals surface area (Å²) in [6.45, 7) is 4.15. The highest BCUT2D eigenvalue weighted by Crippen LogP contribution is 2.29. The Morgan fingerprint density at radius 1 is 1.16 bits per heavy atom. The lowest BCUT2D eigenvalue weighted by Crippen LogP contribution is -2.40. The smallest absolute Gasteiger partial charge is 0.406 e. The van der Waals surface area contributed by atoms with Crippen molar-refractivity contribution in [1.82, 2.24) is 20.6 Å². The Bertz CT molecular complexity index is 1050. The normalized spacial score (nSPS) is 17.6. The molecule has 0 saturated carbocycles. The zero-order valence-corrected chi connectivity index (χ0v) is 18.8. The molecule has 1 aromatic carbocycles. The Morgan fingerprint density at radius 3 is 2.66 bits per heavy atom. The SMILES string of the molecule is Cc1cc(C)c2cc1C(=O)NCCCC(OC(N)=O)NC(=O)CCSc1cc-2nc(N)n1. The number of nitrogens with one attached hydrogen (secondary N) is 2. The molecule has 3 amide bonds. The summed E-state index contributed by atoms with van der Waals surface area (Å²) < 4.78 is 4.98. The average molecular weight is 459 g/mol. The van der Waals surface area contributed by atoms with Crippen LogP contribution in [0.4, 0.5) is 10.7 Å². The van der Waals surface area contributed by atoms with Crippen LogP contribution in [0.5, 0.6) is 0 Å². The van der Waals surface area contributed by atoms with E-state index in [9.17, 15) is 14.4 Å². The lowest BCUT2D eigenvalue weighted by Gasteiger charge is -2.18. The second kappa shape index (κ2) is 10.3. The molecule has 1 aliphatic heterocycles. The van der Waals surface area contributed by atoms with Gasteiger partial charge in [-0.25, -0.2) is 14.8 Å². The van der Waals surface area contributed by atoms with Gasteiger partial charge in [0.05, 0.1) is 5.69 Å². The number of primary amides is 1. The first-order chi connectivity index (χ1) is 15.2. The summed E-state index contributed by atoms with van der Waals surface area (Å²) in [4.78, 5) is 44.9. The van der Waals surface area contributed by atoms with Crippen LogP contribution in [0.1, 0.15) is 40.7 Å². The van der Waals surface area contributed by atoms with Gasteiger partial charge in [0.1, 0.15) is 5.03 Å². The van der Waals surface area contributed by atoms with Crippen LogP contribution in [0.3, 0.4) is 0 Å². The van der Waals surface area contributed by atoms with E-state index in [1.807, 2.05) is 19.9 Å². The minimum Gasteiger partial charge on any atom is -0.426 e. The first-order valence-electron chi connectivity index (χ1n) is 10.2. The van der Waals surface area contributed by atoms with Crippen LogP contribution in [-0.4, -0.2) is 46.4 Å². The van der Waals surface area contributed by atoms with Crippen molar-refractivity contribution in [2.24, 2.45) is 5.73 Å². The second-order valence-electron chi connectivity index (χ2n) is 7.42. The molecule has 0 aliphatic carbocycles. The number of nitrogens with two attached hydrogens (primary N) is 2. The minimum atomic E-state index is -0.980. The highest BCUT2D eigenvalue weighted by molar-refractivity contribution is 7.99. The van der Waals surface area contributed by atoms with E-state index in [2.05, 4.69) is 20.6 Å². The summed E-state index contributed by atoms with van der Waals surface area (Å²) >= 11 is 1.35. The molecule has 4 bridgehead atoms. The molecule has 1 aromatic heterocycles. The molecule has 11 heteroatoms. The van der Waals surface area contributed by atoms with Gasteiger partial charge in [0.15, 0.2) is 6.23 Å². The Kier molecular flexibility index (Phi) is 7.52. The zero-order chi connectivity index (χ0) is 23.3. The van der Waals surface area contributed by atoms with Gasteiger partial charge in [-0.15, -0.1) is 11.8 Å². The van der Waals surface area contributed by atoms with Crippen molar-refractivity contribution in [3.05, 3.63) is 34.9 Å². The van der Waals surface area contributed by atoms with E-state index in [1.54, 1.807) is 12.1 Å². The highest BCUT2D eigenvalue weighted by Gasteiger charge is 2.18. The molecule has 3 rings (SSSR count). The van der Waals surface area contributed by atoms with Gasteiger partial charge in [-0.2, -0.15) is 0 Å². The highest BCUT2D eigenvalue weighted by atomic mass is 32.2. The van der Waals surface area contributed by atoms with Gasteiger partial charge in [-0.05, 0) is 43.5 Å². The Balaban J connectivity index is 1.94. The molecule has 2 aromatic rings. The number of hydrogen-bond acceptors (Lipinski definition) is 8. The van der Waals surface area contributed by atoms with Gasteiger partial charge < -0.3 is 26.8 Å². The molecule has 170 valence electrons. The van der Waals surface area contributed by atoms with E-state index in [0.29, 0.717) is 41.4 Å². The lowest BCUT2D eigenvalue weighted by molar-refractivity contribution is -0.123. The van der Waals surface area contributed by atoms with E-state index in [1.165, 1.54) is 11.8 Å². The van der Waals surface area contributed by atoms with Crippen LogP contribution in [0.15, 0.2) is 23.2 Å². The number of thioether (sulfide) groups is 1. The average Bonchev–Trinajstić information content (AvgIpc) is 2.69. The fourth-order valence-electron chi connectivity index (χ4n) is 3.41. The maximum Gasteiger partial charge on any atom is 0.406 e. The number of amides is 3. The molecule has 1 unspecified atom stereocenters. The topological polar surface area (TPSA) is 162 Å². The molecule has 1 aliphatic rings. The number of anilines is 1. The summed E-state index contributed by atoms with van der Waals surface area (Å²) in [7, 11) is 0. The third-order valence-corrected chi connectivity index (χ3v) is 5.81. The maximum atomic E-state index is 12.8. The number of nitrogen functional groups attached to an aromatic ring is 1. The first kappa shape index (κ1) is 23.3. The van der Waals surface area contributed by atoms with E-state index in [0.717, 1.165) is 16.7 Å². The van der Waals surface area contributed by atoms with Gasteiger partial charge in [-0.3, -0.25) is 9.59 Å². The van der Waals surface area contributed by atoms with Crippen molar-refractivity contribution in [3.8, 4) is 11.3 Å². The van der Waals surface area contributed by atoms with E-state index < -0.39 is 12.3 Å². The van der Waals surface area contributed by atoms with E-state index in [-0.39, 0.29) is 24.2 Å². The summed E-state index contributed by atoms with van der Waals surface area (Å²) in [6.07, 6.45) is -0.895. The molecule has 0 radical (unpaired) electrons. The molecule has 6 N–H and O–H groups in total. The van der Waals surface area contributed by atoms with Gasteiger partial charge in [-0.1, -0.05) is 6.07 Å². The molecule has 1 atom stereocenters. The Labute approximate surface area is 189 Å². The first-order valence-corrected chi connectivity index (χ1v) is 11.1. The number of fused-ring (bicyclic) bond motifs is 5. The van der Waals surface area contributed by atoms with Crippen LogP contribution >= 0.6 is 11.8 Å². The summed E-state index contributed by atoms with van der Waals surface area (Å²) in [5, 5.41) is 6.12. The molecule has 0 fully saturated rings. The van der Waals surface area contributed by atoms with Crippen LogP contribution in [0, 0.1) is 13.8 Å². The minimum absolute atomic E-state index is 0.105. The van der Waals surface area contributed by atoms with Gasteiger partial charge in [0, 0.05) is 36.3 Å². The molecule has 2 heterocycles. The van der Waals surface area contributed by atoms with Crippen LogP contribution in [0.25, 0.3) is 11.3 Å². The lowest BCUT2D eigenvalue weighted by atomic mass is 9.97. The molecule has 0 saturated heterocycles. The number of rotatable bonds is 1. The van der Waals surface area contributed by atoms with Crippen molar-refractivity contribution in [3.63, 3.8) is 0 Å². The van der Waals surface area contributed by atoms with Crippen LogP contribution in [-0.2, 0) is 9.53 Å². The fourth-order valence-corrected chi connectivity index (χ4v) is 4.26. The van der Waals surface area contributed by atoms with Crippen LogP contribution in [0.2, 0.25) is 0 Å². The van der Waals surface area contributed by atoms with Crippen molar-refractivity contribution in [2.45, 2.75) is 44.4 Å². The summed E-state index contributed by atoms with van der Waals surface area (Å²) in [5.74, 6) is 0.00950. The van der Waals surface area contributed by atoms with Gasteiger partial charge >= 0.3 is 6.09 Å². The summed E-state index contributed by atoms with van der Waals surface area (Å²) in [6, 6.07) is 5.52. The quantitative estimate of drug-likeness (QED) is 0.471. The number of carbonyl (C=O) groups is 3. The number of ether oxygens (including phenoxy) is 1. The Morgan fingerprint density at radius 2 is 1.91 bits per heavy atom. The summed E-state index contributed by atoms with van der Waals surface area (Å²) in [5.41, 5.74) is 14.7. The number of carbonyl (C=O) groups excluding carboxylic acids is 3. The third kappa shape index (κ3) is 6.10. The number of aryl methyl sites for hydroxylation is 2. The number of benzene rings is 1. The van der Waals surface area contributed by atoms with E-state index in [4.69, 9.17) is 16.2 Å². The number of aromatic nitrogens is 2. The van der Waals surface area contributed by atoms with Gasteiger partial charge in [0.2, 0.25) is 11.9 Å². The fraction of sp³-hybridized carbons (Fsp3) is 0.381. The van der Waals surface area contributed by atoms with Crippen molar-refractivity contribution in [1.29, 1.82) is 0 Å². The molecule has 32 heavy (non-hydrogen) atoms. The standard InChI is InChI=1S/C21H26N6O4S/c1-11-8-12(2)14-9-13(11)15-10-18(27-20(22)25-15)32-7-5-16(28)26-17(31-21(23)30)4-3-6-24-19(14)29/h8-10,17H,3-7H2,1-2H3,(H2,23,30)(H,24,29)(H,26,28)(H2,22,25,27). The largest absolute Gasteiger partial charge is 0.426 e. The second-order valence-corrected chi connectivity index (χ2v) is 8.54. The van der Waals surface area contributed by atoms with Crippen LogP contribution < -0.4 is 22.1 Å². The number of hydrogen-bond donors (Lipinski definition) is 4. The van der Waals surface area contributed by atoms with Gasteiger partial charge in [0.25, 0.3) is 5.91 Å². The Hall–Kier alpha value is -3.34. The van der Waals surface area contributed by atoms with Crippen molar-refractivity contribution in [2.75, 3.05) is 18.0 Å². The molecule has 10 nitrogen and oxygen atoms in total. The van der Waals surface area contributed by atoms with Crippen molar-refractivity contribution < 1.29 is 19.1 Å². The van der Waals surface area contributed by atoms with E-state index >= 15 is 0 Å². The zero-order valence-electron chi connectivity index (χ0n) is 17.9. The predicted octanol–water partition coefficient (Wildman–Crippen LogP) is 1.89. The third-order valence-electron chi connectivity index (χ3n) is 4.90. The maximum absolute atomic E-state index is 12.8. The number of nitrogens with zero attached hydrogens (tertiary/aromatic N) is 2.